The molecule has 0 bridgehead atoms. The highest BCUT2D eigenvalue weighted by Crippen LogP contribution is 2.29. The van der Waals surface area contributed by atoms with Crippen molar-refractivity contribution in [2.75, 3.05) is 38.8 Å². The van der Waals surface area contributed by atoms with Crippen LogP contribution in [0.2, 0.25) is 0 Å². The van der Waals surface area contributed by atoms with E-state index in [1.807, 2.05) is 6.92 Å². The Hall–Kier alpha value is -2.15. The van der Waals surface area contributed by atoms with Crippen molar-refractivity contribution >= 4 is 17.3 Å². The molecule has 7 heteroatoms. The molecule has 7 nitrogen and oxygen atoms in total. The van der Waals surface area contributed by atoms with Crippen molar-refractivity contribution in [1.82, 2.24) is 0 Å². The Bertz CT molecular complexity index is 504. The van der Waals surface area contributed by atoms with Gasteiger partial charge in [-0.25, -0.2) is 0 Å². The minimum Gasteiger partial charge on any atom is -0.469 e. The molecule has 0 aliphatic heterocycles. The quantitative estimate of drug-likeness (QED) is 0.414. The Balaban J connectivity index is 3.03. The number of methoxy groups -OCH3 is 2. The van der Waals surface area contributed by atoms with Gasteiger partial charge in [-0.1, -0.05) is 6.07 Å². The van der Waals surface area contributed by atoms with Crippen molar-refractivity contribution in [3.05, 3.63) is 33.9 Å². The minimum atomic E-state index is -0.424. The van der Waals surface area contributed by atoms with Crippen molar-refractivity contribution in [3.8, 4) is 0 Å². The van der Waals surface area contributed by atoms with Crippen molar-refractivity contribution in [2.24, 2.45) is 0 Å². The molecule has 1 rings (SSSR count). The van der Waals surface area contributed by atoms with Gasteiger partial charge < -0.3 is 14.4 Å². The molecule has 0 heterocycles. The zero-order valence-electron chi connectivity index (χ0n) is 12.5. The van der Waals surface area contributed by atoms with Crippen molar-refractivity contribution < 1.29 is 19.2 Å². The molecule has 0 aromatic heterocycles. The first-order chi connectivity index (χ1) is 9.99. The largest absolute Gasteiger partial charge is 0.469 e. The van der Waals surface area contributed by atoms with E-state index in [4.69, 9.17) is 4.74 Å². The van der Waals surface area contributed by atoms with Crippen LogP contribution >= 0.6 is 0 Å². The third-order valence-electron chi connectivity index (χ3n) is 3.05. The molecule has 1 aromatic carbocycles. The molecule has 0 fully saturated rings. The lowest BCUT2D eigenvalue weighted by molar-refractivity contribution is -0.384. The maximum Gasteiger partial charge on any atom is 0.307 e. The summed E-state index contributed by atoms with van der Waals surface area (Å²) >= 11 is 0. The summed E-state index contributed by atoms with van der Waals surface area (Å²) in [4.78, 5) is 23.8. The normalized spacial score (nSPS) is 10.2. The highest BCUT2D eigenvalue weighted by Gasteiger charge is 2.20. The summed E-state index contributed by atoms with van der Waals surface area (Å²) in [5.41, 5.74) is 1.42. The van der Waals surface area contributed by atoms with Crippen LogP contribution in [0.5, 0.6) is 0 Å². The summed E-state index contributed by atoms with van der Waals surface area (Å²) in [6.45, 7) is 3.06. The third kappa shape index (κ3) is 5.03. The summed E-state index contributed by atoms with van der Waals surface area (Å²) in [6.07, 6.45) is 0.158. The molecule has 1 aromatic rings. The second-order valence-electron chi connectivity index (χ2n) is 4.56. The Labute approximate surface area is 123 Å². The number of anilines is 1. The number of nitro groups is 1. The van der Waals surface area contributed by atoms with E-state index in [0.717, 1.165) is 5.56 Å². The van der Waals surface area contributed by atoms with Crippen LogP contribution in [0.4, 0.5) is 11.4 Å². The molecule has 0 radical (unpaired) electrons. The fourth-order valence-electron chi connectivity index (χ4n) is 1.92. The van der Waals surface area contributed by atoms with Crippen LogP contribution in [0.3, 0.4) is 0 Å². The minimum absolute atomic E-state index is 0.0153. The van der Waals surface area contributed by atoms with E-state index in [1.165, 1.54) is 13.2 Å². The Morgan fingerprint density at radius 2 is 2.05 bits per heavy atom. The first-order valence-corrected chi connectivity index (χ1v) is 6.55. The number of carbonyl (C=O) groups is 1. The first kappa shape index (κ1) is 16.9. The zero-order chi connectivity index (χ0) is 15.8. The predicted molar refractivity (Wildman–Crippen MR) is 78.6 cm³/mol. The lowest BCUT2D eigenvalue weighted by Crippen LogP contribution is -2.30. The van der Waals surface area contributed by atoms with Crippen molar-refractivity contribution in [2.45, 2.75) is 13.3 Å². The Morgan fingerprint density at radius 3 is 2.62 bits per heavy atom. The van der Waals surface area contributed by atoms with Gasteiger partial charge in [-0.2, -0.15) is 0 Å². The molecule has 116 valence electrons. The monoisotopic (exact) mass is 296 g/mol. The molecule has 0 saturated carbocycles. The summed E-state index contributed by atoms with van der Waals surface area (Å²) in [6, 6.07) is 4.91. The second kappa shape index (κ2) is 8.21. The molecule has 0 saturated heterocycles. The van der Waals surface area contributed by atoms with Crippen LogP contribution in [-0.2, 0) is 14.3 Å². The van der Waals surface area contributed by atoms with Gasteiger partial charge in [0.05, 0.1) is 25.1 Å². The molecule has 0 aliphatic carbocycles. The van der Waals surface area contributed by atoms with Gasteiger partial charge in [0.15, 0.2) is 0 Å². The number of rotatable bonds is 8. The van der Waals surface area contributed by atoms with Gasteiger partial charge in [0.1, 0.15) is 5.69 Å². The van der Waals surface area contributed by atoms with Crippen LogP contribution in [0, 0.1) is 17.0 Å². The molecule has 21 heavy (non-hydrogen) atoms. The Kier molecular flexibility index (Phi) is 6.61. The average molecular weight is 296 g/mol. The van der Waals surface area contributed by atoms with Crippen molar-refractivity contribution in [3.63, 3.8) is 0 Å². The van der Waals surface area contributed by atoms with Crippen LogP contribution in [-0.4, -0.2) is 44.8 Å². The number of nitrogens with zero attached hydrogens (tertiary/aromatic N) is 2. The first-order valence-electron chi connectivity index (χ1n) is 6.55. The van der Waals surface area contributed by atoms with Gasteiger partial charge in [0.2, 0.25) is 0 Å². The molecule has 0 N–H and O–H groups in total. The van der Waals surface area contributed by atoms with Crippen LogP contribution < -0.4 is 4.90 Å². The zero-order valence-corrected chi connectivity index (χ0v) is 12.5. The SMILES string of the molecule is COCCN(CCC(=O)OC)c1cc(C)ccc1[N+](=O)[O-]. The summed E-state index contributed by atoms with van der Waals surface area (Å²) < 4.78 is 9.64. The van der Waals surface area contributed by atoms with Crippen LogP contribution in [0.15, 0.2) is 18.2 Å². The highest BCUT2D eigenvalue weighted by molar-refractivity contribution is 5.71. The Morgan fingerprint density at radius 1 is 1.33 bits per heavy atom. The molecule has 0 atom stereocenters. The van der Waals surface area contributed by atoms with Gasteiger partial charge >= 0.3 is 5.97 Å². The lowest BCUT2D eigenvalue weighted by atomic mass is 10.1. The average Bonchev–Trinajstić information content (AvgIpc) is 2.46. The number of carbonyl (C=O) groups excluding carboxylic acids is 1. The van der Waals surface area contributed by atoms with E-state index in [0.29, 0.717) is 25.4 Å². The summed E-state index contributed by atoms with van der Waals surface area (Å²) in [5, 5.41) is 11.2. The third-order valence-corrected chi connectivity index (χ3v) is 3.05. The highest BCUT2D eigenvalue weighted by atomic mass is 16.6. The van der Waals surface area contributed by atoms with E-state index >= 15 is 0 Å². The fourth-order valence-corrected chi connectivity index (χ4v) is 1.92. The number of ether oxygens (including phenoxy) is 2. The van der Waals surface area contributed by atoms with E-state index in [2.05, 4.69) is 4.74 Å². The molecule has 0 unspecified atom stereocenters. The van der Waals surface area contributed by atoms with Gasteiger partial charge in [0.25, 0.3) is 5.69 Å². The van der Waals surface area contributed by atoms with Crippen LogP contribution in [0.1, 0.15) is 12.0 Å². The predicted octanol–water partition coefficient (Wildman–Crippen LogP) is 1.92. The van der Waals surface area contributed by atoms with Crippen molar-refractivity contribution in [1.29, 1.82) is 0 Å². The van der Waals surface area contributed by atoms with Gasteiger partial charge in [0, 0.05) is 26.3 Å². The molecular weight excluding hydrogens is 276 g/mol. The number of aryl methyl sites for hydroxylation is 1. The van der Waals surface area contributed by atoms with Crippen LogP contribution in [0.25, 0.3) is 0 Å². The van der Waals surface area contributed by atoms with Gasteiger partial charge in [-0.3, -0.25) is 14.9 Å². The molecular formula is C14H20N2O5. The van der Waals surface area contributed by atoms with Gasteiger partial charge in [-0.15, -0.1) is 0 Å². The smallest absolute Gasteiger partial charge is 0.307 e. The second-order valence-corrected chi connectivity index (χ2v) is 4.56. The topological polar surface area (TPSA) is 81.9 Å². The maximum atomic E-state index is 11.3. The molecule has 0 spiro atoms. The summed E-state index contributed by atoms with van der Waals surface area (Å²) in [7, 11) is 2.88. The van der Waals surface area contributed by atoms with Gasteiger partial charge in [-0.05, 0) is 18.6 Å². The number of hydrogen-bond donors (Lipinski definition) is 0. The molecule has 0 aliphatic rings. The fraction of sp³-hybridized carbons (Fsp3) is 0.500. The van der Waals surface area contributed by atoms with E-state index in [1.54, 1.807) is 24.1 Å². The lowest BCUT2D eigenvalue weighted by Gasteiger charge is -2.24. The molecule has 0 amide bonds. The summed E-state index contributed by atoms with van der Waals surface area (Å²) in [5.74, 6) is -0.354. The van der Waals surface area contributed by atoms with E-state index in [-0.39, 0.29) is 18.1 Å². The van der Waals surface area contributed by atoms with E-state index < -0.39 is 4.92 Å². The number of benzene rings is 1. The number of hydrogen-bond acceptors (Lipinski definition) is 6. The number of esters is 1. The standard InChI is InChI=1S/C14H20N2O5/c1-11-4-5-12(16(18)19)13(10-11)15(8-9-20-2)7-6-14(17)21-3/h4-5,10H,6-9H2,1-3H3. The maximum absolute atomic E-state index is 11.3. The van der Waals surface area contributed by atoms with E-state index in [9.17, 15) is 14.9 Å². The number of nitro benzene ring substituents is 1.